The fourth-order valence-electron chi connectivity index (χ4n) is 6.42. The first-order valence-electron chi connectivity index (χ1n) is 16.2. The van der Waals surface area contributed by atoms with Crippen molar-refractivity contribution in [3.63, 3.8) is 0 Å². The first-order valence-corrected chi connectivity index (χ1v) is 16.2. The van der Waals surface area contributed by atoms with Crippen molar-refractivity contribution in [3.05, 3.63) is 89.9 Å². The van der Waals surface area contributed by atoms with Crippen molar-refractivity contribution in [3.8, 4) is 0 Å². The van der Waals surface area contributed by atoms with Crippen LogP contribution in [0.5, 0.6) is 0 Å². The summed E-state index contributed by atoms with van der Waals surface area (Å²) < 4.78 is 0. The first kappa shape index (κ1) is 32.5. The third kappa shape index (κ3) is 6.69. The van der Waals surface area contributed by atoms with Crippen LogP contribution in [0.3, 0.4) is 0 Å². The predicted molar refractivity (Wildman–Crippen MR) is 188 cm³/mol. The second kappa shape index (κ2) is 13.8. The third-order valence-electron chi connectivity index (χ3n) is 9.06. The highest BCUT2D eigenvalue weighted by molar-refractivity contribution is 6.13. The van der Waals surface area contributed by atoms with Crippen molar-refractivity contribution < 1.29 is 14.4 Å². The average Bonchev–Trinajstić information content (AvgIpc) is 3.18. The Morgan fingerprint density at radius 2 is 1.92 bits per heavy atom. The van der Waals surface area contributed by atoms with Crippen molar-refractivity contribution in [2.45, 2.75) is 57.8 Å². The van der Waals surface area contributed by atoms with E-state index in [0.29, 0.717) is 31.8 Å². The van der Waals surface area contributed by atoms with Crippen LogP contribution in [-0.4, -0.2) is 89.4 Å². The molecule has 0 bridgehead atoms. The number of amides is 4. The molecule has 4 aliphatic rings. The van der Waals surface area contributed by atoms with E-state index in [9.17, 15) is 14.4 Å². The highest BCUT2D eigenvalue weighted by atomic mass is 16.2. The van der Waals surface area contributed by atoms with E-state index in [1.165, 1.54) is 0 Å². The van der Waals surface area contributed by atoms with E-state index < -0.39 is 12.2 Å². The SMILES string of the molecule is C=CCCC1=N[C@@H](CC(=O)NC2C=C(N3CC4C=NC(Nc5ccc(C)nc5)=NC4N(C)C3=O)C(C)=CC2)C(=O)N(C)c2ccccc21. The number of hydrogen-bond donors (Lipinski definition) is 2. The minimum Gasteiger partial charge on any atom is -0.349 e. The molecule has 2 aromatic rings. The fraction of sp³-hybridized carbons (Fsp3) is 0.361. The highest BCUT2D eigenvalue weighted by Gasteiger charge is 2.41. The predicted octanol–water partition coefficient (Wildman–Crippen LogP) is 4.46. The van der Waals surface area contributed by atoms with E-state index in [1.807, 2.05) is 74.7 Å². The molecule has 12 nitrogen and oxygen atoms in total. The van der Waals surface area contributed by atoms with E-state index in [2.05, 4.69) is 27.2 Å². The molecule has 0 radical (unpaired) electrons. The number of para-hydroxylation sites is 1. The van der Waals surface area contributed by atoms with Crippen molar-refractivity contribution >= 4 is 47.1 Å². The van der Waals surface area contributed by atoms with Crippen molar-refractivity contribution in [2.24, 2.45) is 20.9 Å². The van der Waals surface area contributed by atoms with Crippen molar-refractivity contribution in [1.29, 1.82) is 0 Å². The Labute approximate surface area is 280 Å². The number of rotatable bonds is 8. The molecule has 1 aromatic heterocycles. The summed E-state index contributed by atoms with van der Waals surface area (Å²) >= 11 is 0. The van der Waals surface area contributed by atoms with Gasteiger partial charge in [-0.15, -0.1) is 6.58 Å². The Balaban J connectivity index is 1.14. The number of aliphatic imine (C=N–C) groups is 3. The Morgan fingerprint density at radius 3 is 2.69 bits per heavy atom. The second-order valence-corrected chi connectivity index (χ2v) is 12.5. The maximum absolute atomic E-state index is 13.7. The molecule has 1 aromatic carbocycles. The summed E-state index contributed by atoms with van der Waals surface area (Å²) in [5, 5.41) is 6.25. The monoisotopic (exact) mass is 647 g/mol. The van der Waals surface area contributed by atoms with Crippen LogP contribution < -0.4 is 15.5 Å². The maximum atomic E-state index is 13.7. The molecule has 6 rings (SSSR count). The molecule has 3 aliphatic heterocycles. The Kier molecular flexibility index (Phi) is 9.33. The number of likely N-dealkylation sites (N-methyl/N-ethyl adjacent to an activating group) is 1. The molecule has 12 heteroatoms. The molecule has 1 fully saturated rings. The van der Waals surface area contributed by atoms with Crippen LogP contribution >= 0.6 is 0 Å². The smallest absolute Gasteiger partial charge is 0.325 e. The van der Waals surface area contributed by atoms with Gasteiger partial charge in [-0.05, 0) is 63.0 Å². The number of carbonyl (C=O) groups is 3. The van der Waals surface area contributed by atoms with Crippen molar-refractivity contribution in [2.75, 3.05) is 30.9 Å². The van der Waals surface area contributed by atoms with E-state index in [0.717, 1.165) is 39.6 Å². The van der Waals surface area contributed by atoms with Crippen molar-refractivity contribution in [1.82, 2.24) is 20.1 Å². The number of benzene rings is 1. The highest BCUT2D eigenvalue weighted by Crippen LogP contribution is 2.31. The van der Waals surface area contributed by atoms with Gasteiger partial charge in [0.15, 0.2) is 0 Å². The quantitative estimate of drug-likeness (QED) is 0.408. The summed E-state index contributed by atoms with van der Waals surface area (Å²) in [4.78, 5) is 64.0. The van der Waals surface area contributed by atoms with E-state index in [4.69, 9.17) is 9.98 Å². The molecular weight excluding hydrogens is 606 g/mol. The molecule has 0 spiro atoms. The topological polar surface area (TPSA) is 135 Å². The number of nitrogens with one attached hydrogen (secondary N) is 2. The molecule has 4 heterocycles. The molecule has 0 saturated carbocycles. The lowest BCUT2D eigenvalue weighted by molar-refractivity contribution is -0.126. The number of benzodiazepines with no additional fused rings is 1. The number of guanidine groups is 1. The maximum Gasteiger partial charge on any atom is 0.325 e. The zero-order valence-electron chi connectivity index (χ0n) is 27.8. The summed E-state index contributed by atoms with van der Waals surface area (Å²) in [6.45, 7) is 8.11. The minimum absolute atomic E-state index is 0.0876. The first-order chi connectivity index (χ1) is 23.1. The van der Waals surface area contributed by atoms with Gasteiger partial charge in [0, 0.05) is 49.5 Å². The lowest BCUT2D eigenvalue weighted by atomic mass is 9.96. The molecule has 3 unspecified atom stereocenters. The largest absolute Gasteiger partial charge is 0.349 e. The summed E-state index contributed by atoms with van der Waals surface area (Å²) in [5.74, 6) is -0.226. The van der Waals surface area contributed by atoms with E-state index in [-0.39, 0.29) is 36.2 Å². The van der Waals surface area contributed by atoms with E-state index in [1.54, 1.807) is 35.0 Å². The summed E-state index contributed by atoms with van der Waals surface area (Å²) in [5.41, 5.74) is 5.81. The van der Waals surface area contributed by atoms with Gasteiger partial charge in [0.1, 0.15) is 12.2 Å². The normalized spacial score (nSPS) is 23.6. The molecule has 1 aliphatic carbocycles. The second-order valence-electron chi connectivity index (χ2n) is 12.5. The van der Waals surface area contributed by atoms with Crippen LogP contribution in [0.2, 0.25) is 0 Å². The van der Waals surface area contributed by atoms with Crippen LogP contribution in [0.25, 0.3) is 0 Å². The number of fused-ring (bicyclic) bond motifs is 2. The standard InChI is InChI=1S/C36H41N9O3/c1-6-7-11-28-27-10-8-9-12-30(27)43(4)34(47)29(41-28)18-32(46)39-25-15-13-22(2)31(17-25)45-21-24-19-38-35(42-33(24)44(5)36(45)48)40-26-16-14-23(3)37-20-26/h6,8-10,12-14,16-17,19-20,24-25,29,33H,1,7,11,15,18,21H2,2-5H3,(H,39,46)(H,40,42)/t24?,25?,29-,33?/m0/s1. The zero-order valence-corrected chi connectivity index (χ0v) is 27.8. The fourth-order valence-corrected chi connectivity index (χ4v) is 6.42. The molecular formula is C36H41N9O3. The van der Waals surface area contributed by atoms with Gasteiger partial charge >= 0.3 is 6.03 Å². The Morgan fingerprint density at radius 1 is 1.10 bits per heavy atom. The lowest BCUT2D eigenvalue weighted by Gasteiger charge is -2.44. The molecule has 1 saturated heterocycles. The number of carbonyl (C=O) groups excluding carboxylic acids is 3. The van der Waals surface area contributed by atoms with Gasteiger partial charge in [0.2, 0.25) is 11.9 Å². The molecule has 248 valence electrons. The zero-order chi connectivity index (χ0) is 33.9. The number of anilines is 2. The third-order valence-corrected chi connectivity index (χ3v) is 9.06. The number of hydrogen-bond acceptors (Lipinski definition) is 8. The van der Waals surface area contributed by atoms with Crippen LogP contribution in [0.1, 0.15) is 43.9 Å². The number of pyridine rings is 1. The Hall–Kier alpha value is -5.39. The van der Waals surface area contributed by atoms with Crippen LogP contribution in [0, 0.1) is 12.8 Å². The van der Waals surface area contributed by atoms with E-state index >= 15 is 0 Å². The molecule has 4 amide bonds. The van der Waals surface area contributed by atoms with Gasteiger partial charge < -0.3 is 20.4 Å². The summed E-state index contributed by atoms with van der Waals surface area (Å²) in [6.07, 6.45) is 10.7. The van der Waals surface area contributed by atoms with Gasteiger partial charge in [0.25, 0.3) is 5.91 Å². The number of nitrogens with zero attached hydrogens (tertiary/aromatic N) is 7. The van der Waals surface area contributed by atoms with Gasteiger partial charge in [0.05, 0.1) is 36.0 Å². The molecule has 2 N–H and O–H groups in total. The van der Waals surface area contributed by atoms with Crippen LogP contribution in [-0.2, 0) is 9.59 Å². The van der Waals surface area contributed by atoms with Gasteiger partial charge in [-0.1, -0.05) is 30.4 Å². The lowest BCUT2D eigenvalue weighted by Crippen LogP contribution is -2.58. The molecule has 4 atom stereocenters. The number of urea groups is 1. The Bertz CT molecular complexity index is 1770. The van der Waals surface area contributed by atoms with Crippen LogP contribution in [0.4, 0.5) is 16.2 Å². The van der Waals surface area contributed by atoms with Gasteiger partial charge in [-0.2, -0.15) is 0 Å². The van der Waals surface area contributed by atoms with Gasteiger partial charge in [-0.25, -0.2) is 14.8 Å². The molecule has 48 heavy (non-hydrogen) atoms. The number of aromatic nitrogens is 1. The summed E-state index contributed by atoms with van der Waals surface area (Å²) in [6, 6.07) is 10.1. The number of allylic oxidation sites excluding steroid dienone is 2. The average molecular weight is 648 g/mol. The van der Waals surface area contributed by atoms with Crippen LogP contribution in [0.15, 0.2) is 93.6 Å². The van der Waals surface area contributed by atoms with Gasteiger partial charge in [-0.3, -0.25) is 24.5 Å². The summed E-state index contributed by atoms with van der Waals surface area (Å²) in [7, 11) is 3.46. The minimum atomic E-state index is -0.853. The number of aryl methyl sites for hydroxylation is 1.